The molecular formula is C14H11ClN2O3. The Morgan fingerprint density at radius 1 is 1.10 bits per heavy atom. The van der Waals surface area contributed by atoms with E-state index < -0.39 is 11.8 Å². The predicted molar refractivity (Wildman–Crippen MR) is 74.8 cm³/mol. The van der Waals surface area contributed by atoms with Gasteiger partial charge in [0.05, 0.1) is 6.26 Å². The first-order valence-electron chi connectivity index (χ1n) is 5.73. The highest BCUT2D eigenvalue weighted by molar-refractivity contribution is 6.32. The van der Waals surface area contributed by atoms with Gasteiger partial charge >= 0.3 is 5.91 Å². The molecule has 2 amide bonds. The molecule has 0 aliphatic heterocycles. The molecular weight excluding hydrogens is 280 g/mol. The summed E-state index contributed by atoms with van der Waals surface area (Å²) in [5.74, 6) is -0.903. The molecule has 0 unspecified atom stereocenters. The Kier molecular flexibility index (Phi) is 4.57. The van der Waals surface area contributed by atoms with E-state index >= 15 is 0 Å². The first-order chi connectivity index (χ1) is 9.66. The molecule has 2 N–H and O–H groups in total. The maximum atomic E-state index is 11.5. The van der Waals surface area contributed by atoms with Gasteiger partial charge in [0.25, 0.3) is 5.91 Å². The second-order valence-corrected chi connectivity index (χ2v) is 4.18. The lowest BCUT2D eigenvalue weighted by molar-refractivity contribution is -0.117. The van der Waals surface area contributed by atoms with Gasteiger partial charge in [0, 0.05) is 11.1 Å². The van der Waals surface area contributed by atoms with Gasteiger partial charge in [-0.2, -0.15) is 0 Å². The minimum atomic E-state index is -0.533. The predicted octanol–water partition coefficient (Wildman–Crippen LogP) is 2.41. The van der Waals surface area contributed by atoms with Crippen LogP contribution in [0.25, 0.3) is 6.08 Å². The average molecular weight is 291 g/mol. The van der Waals surface area contributed by atoms with Crippen LogP contribution in [-0.2, 0) is 4.79 Å². The molecule has 1 aromatic carbocycles. The van der Waals surface area contributed by atoms with E-state index in [1.165, 1.54) is 18.4 Å². The summed E-state index contributed by atoms with van der Waals surface area (Å²) in [7, 11) is 0. The quantitative estimate of drug-likeness (QED) is 0.673. The van der Waals surface area contributed by atoms with E-state index in [1.54, 1.807) is 30.3 Å². The zero-order chi connectivity index (χ0) is 14.4. The number of hydrazine groups is 1. The lowest BCUT2D eigenvalue weighted by atomic mass is 10.2. The number of hydrogen-bond acceptors (Lipinski definition) is 3. The molecule has 0 aliphatic carbocycles. The van der Waals surface area contributed by atoms with Crippen molar-refractivity contribution in [2.45, 2.75) is 0 Å². The summed E-state index contributed by atoms with van der Waals surface area (Å²) in [5.41, 5.74) is 5.16. The third-order valence-electron chi connectivity index (χ3n) is 2.36. The fourth-order valence-electron chi connectivity index (χ4n) is 1.41. The molecule has 0 saturated carbocycles. The Hall–Kier alpha value is -2.53. The smallest absolute Gasteiger partial charge is 0.305 e. The largest absolute Gasteiger partial charge is 0.459 e. The molecule has 1 aromatic heterocycles. The molecule has 0 fully saturated rings. The number of carbonyl (C=O) groups is 2. The second kappa shape index (κ2) is 6.58. The van der Waals surface area contributed by atoms with E-state index in [2.05, 4.69) is 10.9 Å². The van der Waals surface area contributed by atoms with Gasteiger partial charge in [-0.05, 0) is 29.8 Å². The van der Waals surface area contributed by atoms with Gasteiger partial charge in [-0.25, -0.2) is 0 Å². The van der Waals surface area contributed by atoms with Gasteiger partial charge in [0.1, 0.15) is 0 Å². The van der Waals surface area contributed by atoms with Crippen LogP contribution in [0.3, 0.4) is 0 Å². The van der Waals surface area contributed by atoms with Crippen LogP contribution in [-0.4, -0.2) is 11.8 Å². The number of carbonyl (C=O) groups excluding carboxylic acids is 2. The third kappa shape index (κ3) is 3.73. The molecule has 5 nitrogen and oxygen atoms in total. The SMILES string of the molecule is O=C(C=Cc1ccccc1Cl)NNC(=O)c1ccco1. The molecule has 102 valence electrons. The van der Waals surface area contributed by atoms with Crippen molar-refractivity contribution in [3.8, 4) is 0 Å². The second-order valence-electron chi connectivity index (χ2n) is 3.78. The summed E-state index contributed by atoms with van der Waals surface area (Å²) < 4.78 is 4.87. The Morgan fingerprint density at radius 2 is 1.90 bits per heavy atom. The summed E-state index contributed by atoms with van der Waals surface area (Å²) in [6.07, 6.45) is 4.19. The molecule has 2 rings (SSSR count). The number of benzene rings is 1. The highest BCUT2D eigenvalue weighted by atomic mass is 35.5. The van der Waals surface area contributed by atoms with E-state index in [0.29, 0.717) is 10.6 Å². The zero-order valence-corrected chi connectivity index (χ0v) is 11.1. The molecule has 1 heterocycles. The molecule has 20 heavy (non-hydrogen) atoms. The summed E-state index contributed by atoms with van der Waals surface area (Å²) in [6.45, 7) is 0. The molecule has 0 spiro atoms. The first kappa shape index (κ1) is 13.9. The topological polar surface area (TPSA) is 71.3 Å². The summed E-state index contributed by atoms with van der Waals surface area (Å²) in [6, 6.07) is 10.2. The van der Waals surface area contributed by atoms with Crippen LogP contribution < -0.4 is 10.9 Å². The maximum absolute atomic E-state index is 11.5. The van der Waals surface area contributed by atoms with Crippen molar-refractivity contribution in [2.24, 2.45) is 0 Å². The summed E-state index contributed by atoms with van der Waals surface area (Å²) in [5, 5.41) is 0.538. The van der Waals surface area contributed by atoms with Crippen LogP contribution in [0.15, 0.2) is 53.2 Å². The van der Waals surface area contributed by atoms with Crippen LogP contribution in [0.4, 0.5) is 0 Å². The van der Waals surface area contributed by atoms with Gasteiger partial charge in [-0.1, -0.05) is 29.8 Å². The summed E-state index contributed by atoms with van der Waals surface area (Å²) >= 11 is 5.94. The third-order valence-corrected chi connectivity index (χ3v) is 2.71. The number of nitrogens with one attached hydrogen (secondary N) is 2. The van der Waals surface area contributed by atoms with Crippen molar-refractivity contribution >= 4 is 29.5 Å². The fraction of sp³-hybridized carbons (Fsp3) is 0. The maximum Gasteiger partial charge on any atom is 0.305 e. The zero-order valence-electron chi connectivity index (χ0n) is 10.3. The average Bonchev–Trinajstić information content (AvgIpc) is 2.98. The standard InChI is InChI=1S/C14H11ClN2O3/c15-11-5-2-1-4-10(11)7-8-13(18)16-17-14(19)12-6-3-9-20-12/h1-9H,(H,16,18)(H,17,19). The van der Waals surface area contributed by atoms with E-state index in [4.69, 9.17) is 16.0 Å². The van der Waals surface area contributed by atoms with Crippen molar-refractivity contribution in [1.82, 2.24) is 10.9 Å². The highest BCUT2D eigenvalue weighted by Crippen LogP contribution is 2.15. The van der Waals surface area contributed by atoms with Crippen LogP contribution in [0, 0.1) is 0 Å². The number of hydrogen-bond donors (Lipinski definition) is 2. The molecule has 0 aliphatic rings. The Balaban J connectivity index is 1.87. The van der Waals surface area contributed by atoms with Crippen molar-refractivity contribution in [2.75, 3.05) is 0 Å². The monoisotopic (exact) mass is 290 g/mol. The van der Waals surface area contributed by atoms with E-state index in [1.807, 2.05) is 6.07 Å². The van der Waals surface area contributed by atoms with E-state index in [0.717, 1.165) is 0 Å². The van der Waals surface area contributed by atoms with Crippen LogP contribution >= 0.6 is 11.6 Å². The number of amides is 2. The van der Waals surface area contributed by atoms with E-state index in [9.17, 15) is 9.59 Å². The van der Waals surface area contributed by atoms with Gasteiger partial charge in [0.2, 0.25) is 0 Å². The van der Waals surface area contributed by atoms with Gasteiger partial charge in [-0.3, -0.25) is 20.4 Å². The van der Waals surface area contributed by atoms with Crippen LogP contribution in [0.5, 0.6) is 0 Å². The molecule has 0 bridgehead atoms. The number of furan rings is 1. The lowest BCUT2D eigenvalue weighted by Gasteiger charge is -2.02. The normalized spacial score (nSPS) is 10.4. The summed E-state index contributed by atoms with van der Waals surface area (Å²) in [4.78, 5) is 23.0. The van der Waals surface area contributed by atoms with Gasteiger partial charge in [0.15, 0.2) is 5.76 Å². The minimum absolute atomic E-state index is 0.111. The van der Waals surface area contributed by atoms with Crippen molar-refractivity contribution < 1.29 is 14.0 Å². The lowest BCUT2D eigenvalue weighted by Crippen LogP contribution is -2.40. The van der Waals surface area contributed by atoms with Crippen molar-refractivity contribution in [3.63, 3.8) is 0 Å². The fourth-order valence-corrected chi connectivity index (χ4v) is 1.60. The number of rotatable bonds is 3. The Labute approximate surface area is 120 Å². The minimum Gasteiger partial charge on any atom is -0.459 e. The molecule has 0 radical (unpaired) electrons. The number of halogens is 1. The van der Waals surface area contributed by atoms with Crippen LogP contribution in [0.1, 0.15) is 16.1 Å². The van der Waals surface area contributed by atoms with Crippen LogP contribution in [0.2, 0.25) is 5.02 Å². The molecule has 6 heteroatoms. The Morgan fingerprint density at radius 3 is 2.60 bits per heavy atom. The first-order valence-corrected chi connectivity index (χ1v) is 6.11. The molecule has 0 saturated heterocycles. The van der Waals surface area contributed by atoms with E-state index in [-0.39, 0.29) is 5.76 Å². The molecule has 2 aromatic rings. The van der Waals surface area contributed by atoms with Crippen molar-refractivity contribution in [3.05, 3.63) is 65.1 Å². The highest BCUT2D eigenvalue weighted by Gasteiger charge is 2.08. The Bertz CT molecular complexity index is 636. The molecule has 0 atom stereocenters. The van der Waals surface area contributed by atoms with Gasteiger partial charge in [-0.15, -0.1) is 0 Å². The van der Waals surface area contributed by atoms with Crippen molar-refractivity contribution in [1.29, 1.82) is 0 Å². The van der Waals surface area contributed by atoms with Gasteiger partial charge < -0.3 is 4.42 Å².